The van der Waals surface area contributed by atoms with Crippen LogP contribution >= 0.6 is 0 Å². The van der Waals surface area contributed by atoms with Gasteiger partial charge in [-0.1, -0.05) is 36.4 Å². The van der Waals surface area contributed by atoms with Crippen molar-refractivity contribution in [3.63, 3.8) is 0 Å². The number of fused-ring (bicyclic) bond motifs is 1. The second-order valence-corrected chi connectivity index (χ2v) is 4.25. The predicted octanol–water partition coefficient (Wildman–Crippen LogP) is 3.24. The molecule has 0 aliphatic heterocycles. The van der Waals surface area contributed by atoms with Crippen LogP contribution in [0.25, 0.3) is 22.2 Å². The van der Waals surface area contributed by atoms with Gasteiger partial charge in [0.15, 0.2) is 0 Å². The van der Waals surface area contributed by atoms with Crippen LogP contribution in [0.15, 0.2) is 54.8 Å². The number of hydrogen-bond acceptors (Lipinski definition) is 3. The highest BCUT2D eigenvalue weighted by Gasteiger charge is 2.11. The fourth-order valence-electron chi connectivity index (χ4n) is 2.23. The number of aromatic nitrogens is 3. The third-order valence-electron chi connectivity index (χ3n) is 3.08. The van der Waals surface area contributed by atoms with Gasteiger partial charge in [-0.2, -0.15) is 15.4 Å². The molecule has 0 fully saturated rings. The van der Waals surface area contributed by atoms with Crippen molar-refractivity contribution in [2.45, 2.75) is 6.42 Å². The number of nitrogens with one attached hydrogen (secondary N) is 1. The number of benzene rings is 2. The molecule has 1 aromatic heterocycles. The van der Waals surface area contributed by atoms with E-state index in [9.17, 15) is 0 Å². The van der Waals surface area contributed by atoms with E-state index in [1.807, 2.05) is 30.3 Å². The van der Waals surface area contributed by atoms with Crippen molar-refractivity contribution >= 4 is 11.0 Å². The molecule has 0 bridgehead atoms. The highest BCUT2D eigenvalue weighted by molar-refractivity contribution is 5.93. The molecule has 1 heterocycles. The Kier molecular flexibility index (Phi) is 2.98. The summed E-state index contributed by atoms with van der Waals surface area (Å²) in [6.07, 6.45) is 3.44. The van der Waals surface area contributed by atoms with E-state index in [4.69, 9.17) is 5.11 Å². The van der Waals surface area contributed by atoms with Gasteiger partial charge in [0, 0.05) is 5.56 Å². The average molecular weight is 251 g/mol. The predicted molar refractivity (Wildman–Crippen MR) is 74.8 cm³/mol. The molecule has 19 heavy (non-hydrogen) atoms. The zero-order chi connectivity index (χ0) is 13.1. The van der Waals surface area contributed by atoms with Gasteiger partial charge in [0.05, 0.1) is 6.26 Å². The molecule has 0 unspecified atom stereocenters. The van der Waals surface area contributed by atoms with Crippen molar-refractivity contribution in [1.29, 1.82) is 0 Å². The molecule has 4 nitrogen and oxygen atoms in total. The van der Waals surface area contributed by atoms with Gasteiger partial charge < -0.3 is 5.11 Å². The van der Waals surface area contributed by atoms with Crippen molar-refractivity contribution in [1.82, 2.24) is 15.4 Å². The van der Waals surface area contributed by atoms with Gasteiger partial charge in [-0.05, 0) is 29.7 Å². The van der Waals surface area contributed by atoms with Crippen molar-refractivity contribution in [2.75, 3.05) is 0 Å². The first kappa shape index (κ1) is 11.5. The second-order valence-electron chi connectivity index (χ2n) is 4.25. The van der Waals surface area contributed by atoms with Gasteiger partial charge in [0.2, 0.25) is 0 Å². The summed E-state index contributed by atoms with van der Waals surface area (Å²) in [7, 11) is 0. The lowest BCUT2D eigenvalue weighted by atomic mass is 9.96. The summed E-state index contributed by atoms with van der Waals surface area (Å²) in [5.74, 6) is 0. The van der Waals surface area contributed by atoms with Crippen molar-refractivity contribution in [2.24, 2.45) is 0 Å². The lowest BCUT2D eigenvalue weighted by Gasteiger charge is -2.08. The highest BCUT2D eigenvalue weighted by atomic mass is 16.2. The lowest BCUT2D eigenvalue weighted by Crippen LogP contribution is -1.90. The normalized spacial score (nSPS) is 11.4. The minimum atomic E-state index is 0.656. The molecule has 0 amide bonds. The van der Waals surface area contributed by atoms with Gasteiger partial charge in [-0.25, -0.2) is 0 Å². The van der Waals surface area contributed by atoms with Crippen LogP contribution in [0, 0.1) is 0 Å². The Bertz CT molecular complexity index is 717. The summed E-state index contributed by atoms with van der Waals surface area (Å²) in [6, 6.07) is 14.0. The van der Waals surface area contributed by atoms with Crippen LogP contribution in [-0.4, -0.2) is 20.5 Å². The summed E-state index contributed by atoms with van der Waals surface area (Å²) in [5, 5.41) is 19.9. The lowest BCUT2D eigenvalue weighted by molar-refractivity contribution is 0.471. The highest BCUT2D eigenvalue weighted by Crippen LogP contribution is 2.30. The summed E-state index contributed by atoms with van der Waals surface area (Å²) < 4.78 is 0. The first-order valence-electron chi connectivity index (χ1n) is 6.07. The maximum atomic E-state index is 8.85. The smallest absolute Gasteiger partial charge is 0.121 e. The standard InChI is InChI=1S/C15H13N3O/c19-10-4-7-12-8-9-13-15(17-18-16-13)14(12)11-5-2-1-3-6-11/h1-6,8-10,19H,7H2,(H,16,17,18). The third-order valence-corrected chi connectivity index (χ3v) is 3.08. The van der Waals surface area contributed by atoms with E-state index < -0.39 is 0 Å². The first-order valence-corrected chi connectivity index (χ1v) is 6.07. The minimum Gasteiger partial charge on any atom is -0.516 e. The zero-order valence-electron chi connectivity index (χ0n) is 10.2. The van der Waals surface area contributed by atoms with Gasteiger partial charge >= 0.3 is 0 Å². The first-order chi connectivity index (χ1) is 9.40. The van der Waals surface area contributed by atoms with Crippen LogP contribution in [0.1, 0.15) is 5.56 Å². The van der Waals surface area contributed by atoms with Crippen LogP contribution in [-0.2, 0) is 6.42 Å². The van der Waals surface area contributed by atoms with E-state index in [0.29, 0.717) is 6.42 Å². The molecule has 4 heteroatoms. The van der Waals surface area contributed by atoms with Gasteiger partial charge in [-0.3, -0.25) is 0 Å². The van der Waals surface area contributed by atoms with Crippen LogP contribution < -0.4 is 0 Å². The van der Waals surface area contributed by atoms with Crippen LogP contribution in [0.3, 0.4) is 0 Å². The van der Waals surface area contributed by atoms with Crippen LogP contribution in [0.5, 0.6) is 0 Å². The van der Waals surface area contributed by atoms with E-state index in [-0.39, 0.29) is 0 Å². The summed E-state index contributed by atoms with van der Waals surface area (Å²) in [5.41, 5.74) is 4.97. The molecule has 94 valence electrons. The van der Waals surface area contributed by atoms with Crippen molar-refractivity contribution < 1.29 is 5.11 Å². The number of hydrogen-bond donors (Lipinski definition) is 2. The molecule has 0 radical (unpaired) electrons. The molecule has 0 saturated heterocycles. The van der Waals surface area contributed by atoms with E-state index >= 15 is 0 Å². The number of allylic oxidation sites excluding steroid dienone is 1. The molecule has 3 rings (SSSR count). The van der Waals surface area contributed by atoms with E-state index in [0.717, 1.165) is 34.0 Å². The molecule has 0 aliphatic carbocycles. The molecule has 0 spiro atoms. The topological polar surface area (TPSA) is 61.8 Å². The third kappa shape index (κ3) is 2.08. The van der Waals surface area contributed by atoms with Crippen LogP contribution in [0.4, 0.5) is 0 Å². The van der Waals surface area contributed by atoms with E-state index in [2.05, 4.69) is 27.5 Å². The quantitative estimate of drug-likeness (QED) is 0.702. The number of aromatic amines is 1. The van der Waals surface area contributed by atoms with Crippen molar-refractivity contribution in [3.8, 4) is 11.1 Å². The van der Waals surface area contributed by atoms with Crippen molar-refractivity contribution in [3.05, 3.63) is 60.4 Å². The maximum Gasteiger partial charge on any atom is 0.121 e. The number of H-pyrrole nitrogens is 1. The number of aliphatic hydroxyl groups is 1. The van der Waals surface area contributed by atoms with Gasteiger partial charge in [-0.15, -0.1) is 0 Å². The fourth-order valence-corrected chi connectivity index (χ4v) is 2.23. The molecule has 0 saturated carbocycles. The number of aliphatic hydroxyl groups excluding tert-OH is 1. The molecule has 0 atom stereocenters. The summed E-state index contributed by atoms with van der Waals surface area (Å²) in [6.45, 7) is 0. The molecule has 2 aromatic carbocycles. The summed E-state index contributed by atoms with van der Waals surface area (Å²) in [4.78, 5) is 0. The van der Waals surface area contributed by atoms with Gasteiger partial charge in [0.25, 0.3) is 0 Å². The average Bonchev–Trinajstić information content (AvgIpc) is 2.93. The maximum absolute atomic E-state index is 8.85. The molecular formula is C15H13N3O. The largest absolute Gasteiger partial charge is 0.516 e. The SMILES string of the molecule is OC=CCc1ccc2n[nH]nc2c1-c1ccccc1. The molecular weight excluding hydrogens is 238 g/mol. The zero-order valence-corrected chi connectivity index (χ0v) is 10.2. The Morgan fingerprint density at radius 3 is 2.68 bits per heavy atom. The molecule has 2 N–H and O–H groups in total. The van der Waals surface area contributed by atoms with Crippen LogP contribution in [0.2, 0.25) is 0 Å². The Balaban J connectivity index is 2.25. The number of nitrogens with zero attached hydrogens (tertiary/aromatic N) is 2. The monoisotopic (exact) mass is 251 g/mol. The van der Waals surface area contributed by atoms with Gasteiger partial charge in [0.1, 0.15) is 11.0 Å². The Labute approximate surface area is 110 Å². The molecule has 0 aliphatic rings. The molecule has 3 aromatic rings. The Hall–Kier alpha value is -2.62. The fraction of sp³-hybridized carbons (Fsp3) is 0.0667. The van der Waals surface area contributed by atoms with E-state index in [1.54, 1.807) is 6.08 Å². The van der Waals surface area contributed by atoms with E-state index in [1.165, 1.54) is 0 Å². The minimum absolute atomic E-state index is 0.656. The number of rotatable bonds is 3. The Morgan fingerprint density at radius 2 is 1.89 bits per heavy atom. The summed E-state index contributed by atoms with van der Waals surface area (Å²) >= 11 is 0. The Morgan fingerprint density at radius 1 is 1.05 bits per heavy atom. The second kappa shape index (κ2) is 4.94.